The van der Waals surface area contributed by atoms with Crippen LogP contribution in [-0.4, -0.2) is 44.1 Å². The normalized spacial score (nSPS) is 18.5. The van der Waals surface area contributed by atoms with Crippen LogP contribution in [0.2, 0.25) is 0 Å². The third-order valence-electron chi connectivity index (χ3n) is 6.14. The Morgan fingerprint density at radius 3 is 2.67 bits per heavy atom. The number of carboxylic acid groups (broad SMARTS) is 1. The number of carbonyl (C=O) groups is 2. The molecule has 0 spiro atoms. The zero-order valence-corrected chi connectivity index (χ0v) is 19.1. The maximum absolute atomic E-state index is 13.5. The number of hydrogen-bond acceptors (Lipinski definition) is 5. The van der Waals surface area contributed by atoms with Crippen molar-refractivity contribution in [3.63, 3.8) is 0 Å². The van der Waals surface area contributed by atoms with Gasteiger partial charge in [0, 0.05) is 33.5 Å². The Balaban J connectivity index is 1.68. The van der Waals surface area contributed by atoms with E-state index in [0.29, 0.717) is 27.7 Å². The molecule has 9 heteroatoms. The number of aromatic amines is 1. The first kappa shape index (κ1) is 21.2. The lowest BCUT2D eigenvalue weighted by atomic mass is 9.92. The van der Waals surface area contributed by atoms with Crippen LogP contribution in [0.25, 0.3) is 11.0 Å². The van der Waals surface area contributed by atoms with Crippen molar-refractivity contribution in [3.8, 4) is 0 Å². The van der Waals surface area contributed by atoms with Crippen LogP contribution in [0.1, 0.15) is 44.2 Å². The number of imidazole rings is 1. The predicted molar refractivity (Wildman–Crippen MR) is 126 cm³/mol. The number of benzene rings is 2. The van der Waals surface area contributed by atoms with Gasteiger partial charge in [-0.15, -0.1) is 11.3 Å². The second-order valence-electron chi connectivity index (χ2n) is 8.15. The minimum absolute atomic E-state index is 0.170. The van der Waals surface area contributed by atoms with Gasteiger partial charge in [-0.2, -0.15) is 0 Å². The number of aryl methyl sites for hydroxylation is 1. The zero-order chi connectivity index (χ0) is 23.5. The largest absolute Gasteiger partial charge is 0.465 e. The molecule has 2 unspecified atom stereocenters. The van der Waals surface area contributed by atoms with Gasteiger partial charge in [0.25, 0.3) is 5.91 Å². The molecule has 2 aromatic carbocycles. The molecule has 168 valence electrons. The number of fused-ring (bicyclic) bond motifs is 2. The Bertz CT molecular complexity index is 1410. The lowest BCUT2D eigenvalue weighted by molar-refractivity contribution is -0.0670. The fourth-order valence-corrected chi connectivity index (χ4v) is 5.32. The Morgan fingerprint density at radius 1 is 1.21 bits per heavy atom. The highest BCUT2D eigenvalue weighted by Crippen LogP contribution is 2.47. The van der Waals surface area contributed by atoms with Gasteiger partial charge in [-0.05, 0) is 44.2 Å². The van der Waals surface area contributed by atoms with E-state index in [-0.39, 0.29) is 17.9 Å². The third-order valence-corrected chi connectivity index (χ3v) is 7.31. The number of rotatable bonds is 4. The van der Waals surface area contributed by atoms with Crippen molar-refractivity contribution in [2.75, 3.05) is 11.9 Å². The number of aliphatic hydroxyl groups is 1. The number of amides is 2. The molecule has 33 heavy (non-hydrogen) atoms. The average molecular weight is 463 g/mol. The molecule has 4 aromatic rings. The highest BCUT2D eigenvalue weighted by molar-refractivity contribution is 7.12. The first-order valence-electron chi connectivity index (χ1n) is 10.4. The Morgan fingerprint density at radius 2 is 1.97 bits per heavy atom. The number of aromatic nitrogens is 2. The van der Waals surface area contributed by atoms with E-state index in [1.807, 2.05) is 26.0 Å². The minimum atomic E-state index is -1.71. The zero-order valence-electron chi connectivity index (χ0n) is 18.2. The van der Waals surface area contributed by atoms with Gasteiger partial charge in [0.1, 0.15) is 0 Å². The quantitative estimate of drug-likeness (QED) is 0.415. The minimum Gasteiger partial charge on any atom is -0.465 e. The van der Waals surface area contributed by atoms with Gasteiger partial charge in [-0.1, -0.05) is 24.3 Å². The molecule has 3 N–H and O–H groups in total. The number of nitrogens with zero attached hydrogens (tertiary/aromatic N) is 3. The van der Waals surface area contributed by atoms with Crippen LogP contribution >= 0.6 is 11.3 Å². The summed E-state index contributed by atoms with van der Waals surface area (Å²) in [4.78, 5) is 36.7. The highest BCUT2D eigenvalue weighted by atomic mass is 32.1. The molecule has 0 fully saturated rings. The summed E-state index contributed by atoms with van der Waals surface area (Å²) in [6, 6.07) is 15.8. The van der Waals surface area contributed by atoms with E-state index in [2.05, 4.69) is 9.97 Å². The van der Waals surface area contributed by atoms with Crippen molar-refractivity contribution in [3.05, 3.63) is 81.0 Å². The van der Waals surface area contributed by atoms with Crippen LogP contribution < -0.4 is 4.90 Å². The first-order valence-corrected chi connectivity index (χ1v) is 11.2. The van der Waals surface area contributed by atoms with Gasteiger partial charge in [0.15, 0.2) is 5.72 Å². The molecule has 3 heterocycles. The van der Waals surface area contributed by atoms with E-state index >= 15 is 0 Å². The third kappa shape index (κ3) is 3.12. The molecule has 1 aliphatic heterocycles. The summed E-state index contributed by atoms with van der Waals surface area (Å²) in [7, 11) is 1.40. The van der Waals surface area contributed by atoms with E-state index in [0.717, 1.165) is 14.7 Å². The molecular formula is C24H22N4O4S. The van der Waals surface area contributed by atoms with E-state index in [1.54, 1.807) is 53.8 Å². The van der Waals surface area contributed by atoms with Crippen LogP contribution in [0.3, 0.4) is 0 Å². The highest BCUT2D eigenvalue weighted by Gasteiger charge is 2.52. The molecular weight excluding hydrogens is 440 g/mol. The van der Waals surface area contributed by atoms with Gasteiger partial charge < -0.3 is 15.2 Å². The molecule has 5 rings (SSSR count). The van der Waals surface area contributed by atoms with Crippen LogP contribution in [0, 0.1) is 6.92 Å². The fraction of sp³-hybridized carbons (Fsp3) is 0.208. The van der Waals surface area contributed by atoms with E-state index < -0.39 is 11.8 Å². The second-order valence-corrected chi connectivity index (χ2v) is 9.47. The summed E-state index contributed by atoms with van der Waals surface area (Å²) in [5.74, 6) is -0.0773. The van der Waals surface area contributed by atoms with Crippen molar-refractivity contribution >= 4 is 40.3 Å². The van der Waals surface area contributed by atoms with Gasteiger partial charge >= 0.3 is 6.09 Å². The molecule has 2 amide bonds. The lowest BCUT2D eigenvalue weighted by Crippen LogP contribution is -2.45. The molecule has 2 aromatic heterocycles. The molecule has 0 bridgehead atoms. The monoisotopic (exact) mass is 462 g/mol. The smallest absolute Gasteiger partial charge is 0.413 e. The SMILES string of the molecule is Cc1ccc(C(C)N2C(=O)c3ccccc3C2(O)c2ccc3nc(N(C)C(=O)O)[nH]c3c2)s1. The number of nitrogens with one attached hydrogen (secondary N) is 1. The topological polar surface area (TPSA) is 110 Å². The van der Waals surface area contributed by atoms with Crippen molar-refractivity contribution in [2.45, 2.75) is 25.6 Å². The number of thiophene rings is 1. The number of anilines is 1. The molecule has 0 aliphatic carbocycles. The summed E-state index contributed by atoms with van der Waals surface area (Å²) in [6.07, 6.45) is -1.14. The second kappa shape index (κ2) is 7.43. The molecule has 0 radical (unpaired) electrons. The Kier molecular flexibility index (Phi) is 4.77. The van der Waals surface area contributed by atoms with Crippen molar-refractivity contribution in [2.24, 2.45) is 0 Å². The summed E-state index contributed by atoms with van der Waals surface area (Å²) < 4.78 is 0. The van der Waals surface area contributed by atoms with Crippen molar-refractivity contribution in [1.82, 2.24) is 14.9 Å². The summed E-state index contributed by atoms with van der Waals surface area (Å²) in [5, 5.41) is 21.5. The predicted octanol–water partition coefficient (Wildman–Crippen LogP) is 4.46. The standard InChI is InChI=1S/C24H22N4O4S/c1-13-8-11-20(33-13)14(2)28-21(29)16-6-4-5-7-17(16)24(28,32)15-9-10-18-19(12-15)26-22(25-18)27(3)23(30)31/h4-12,14,32H,1-3H3,(H,25,26)(H,30,31). The molecule has 0 saturated carbocycles. The summed E-state index contributed by atoms with van der Waals surface area (Å²) >= 11 is 1.59. The lowest BCUT2D eigenvalue weighted by Gasteiger charge is -2.38. The summed E-state index contributed by atoms with van der Waals surface area (Å²) in [5.41, 5.74) is 0.856. The maximum atomic E-state index is 13.5. The Hall–Kier alpha value is -3.69. The Labute approximate surface area is 193 Å². The number of carbonyl (C=O) groups excluding carboxylic acids is 1. The molecule has 0 saturated heterocycles. The van der Waals surface area contributed by atoms with Crippen molar-refractivity contribution < 1.29 is 19.8 Å². The van der Waals surface area contributed by atoms with Gasteiger partial charge in [0.2, 0.25) is 5.95 Å². The van der Waals surface area contributed by atoms with Gasteiger partial charge in [-0.25, -0.2) is 9.78 Å². The fourth-order valence-electron chi connectivity index (χ4n) is 4.40. The van der Waals surface area contributed by atoms with E-state index in [9.17, 15) is 19.8 Å². The van der Waals surface area contributed by atoms with Gasteiger partial charge in [-0.3, -0.25) is 14.6 Å². The van der Waals surface area contributed by atoms with Gasteiger partial charge in [0.05, 0.1) is 17.1 Å². The molecule has 8 nitrogen and oxygen atoms in total. The van der Waals surface area contributed by atoms with Crippen LogP contribution in [0.15, 0.2) is 54.6 Å². The summed E-state index contributed by atoms with van der Waals surface area (Å²) in [6.45, 7) is 3.92. The average Bonchev–Trinajstić information content (AvgIpc) is 3.48. The molecule has 2 atom stereocenters. The van der Waals surface area contributed by atoms with Crippen LogP contribution in [0.4, 0.5) is 10.7 Å². The maximum Gasteiger partial charge on any atom is 0.413 e. The van der Waals surface area contributed by atoms with E-state index in [1.165, 1.54) is 11.9 Å². The first-order chi connectivity index (χ1) is 15.7. The van der Waals surface area contributed by atoms with Crippen molar-refractivity contribution in [1.29, 1.82) is 0 Å². The number of hydrogen-bond donors (Lipinski definition) is 3. The van der Waals surface area contributed by atoms with Crippen LogP contribution in [-0.2, 0) is 5.72 Å². The van der Waals surface area contributed by atoms with E-state index in [4.69, 9.17) is 0 Å². The van der Waals surface area contributed by atoms with Crippen LogP contribution in [0.5, 0.6) is 0 Å². The molecule has 1 aliphatic rings. The number of H-pyrrole nitrogens is 1.